The molecule has 6 rings (SSSR count). The Hall–Kier alpha value is -5.48. The summed E-state index contributed by atoms with van der Waals surface area (Å²) in [6, 6.07) is 54.7. The third-order valence-electron chi connectivity index (χ3n) is 22.8. The summed E-state index contributed by atoms with van der Waals surface area (Å²) < 4.78 is 26.0. The van der Waals surface area contributed by atoms with Crippen LogP contribution in [0.4, 0.5) is 0 Å². The van der Waals surface area contributed by atoms with E-state index in [1.807, 2.05) is 0 Å². The molecule has 0 spiro atoms. The average Bonchev–Trinajstić information content (AvgIpc) is 0.767. The molecule has 590 valence electrons. The van der Waals surface area contributed by atoms with Crippen LogP contribution in [0.5, 0.6) is 23.0 Å². The van der Waals surface area contributed by atoms with Gasteiger partial charge in [-0.15, -0.1) is 0 Å². The average molecular weight is 1450 g/mol. The normalized spacial score (nSPS) is 11.6. The molecule has 0 aromatic heterocycles. The topological polar surface area (TPSA) is 36.9 Å². The lowest BCUT2D eigenvalue weighted by atomic mass is 9.77. The summed E-state index contributed by atoms with van der Waals surface area (Å²) in [4.78, 5) is 0. The fourth-order valence-electron chi connectivity index (χ4n) is 16.1. The van der Waals surface area contributed by atoms with Crippen LogP contribution in [0, 0.1) is 0 Å². The second kappa shape index (κ2) is 62.3. The fraction of sp³-hybridized carbons (Fsp3) is 0.647. The Morgan fingerprint density at radius 3 is 0.491 bits per heavy atom. The molecule has 4 heteroatoms. The Morgan fingerprint density at radius 1 is 0.170 bits per heavy atom. The first-order valence-corrected chi connectivity index (χ1v) is 45.7. The van der Waals surface area contributed by atoms with E-state index in [-0.39, 0.29) is 11.8 Å². The molecular weight excluding hydrogens is 1290 g/mol. The predicted octanol–water partition coefficient (Wildman–Crippen LogP) is 33.2. The lowest BCUT2D eigenvalue weighted by Crippen LogP contribution is -2.09. The highest BCUT2D eigenvalue weighted by atomic mass is 16.5. The summed E-state index contributed by atoms with van der Waals surface area (Å²) in [5.74, 6) is 3.70. The maximum atomic E-state index is 6.50. The summed E-state index contributed by atoms with van der Waals surface area (Å²) in [5, 5.41) is 0. The minimum absolute atomic E-state index is 0.0466. The molecule has 0 saturated carbocycles. The van der Waals surface area contributed by atoms with Gasteiger partial charge in [0, 0.05) is 11.8 Å². The van der Waals surface area contributed by atoms with Crippen LogP contribution in [0.1, 0.15) is 432 Å². The van der Waals surface area contributed by atoms with Crippen LogP contribution < -0.4 is 18.9 Å². The molecule has 0 atom stereocenters. The van der Waals surface area contributed by atoms with Gasteiger partial charge in [-0.1, -0.05) is 459 Å². The number of unbranched alkanes of at least 4 members (excludes halogenated alkanes) is 52. The van der Waals surface area contributed by atoms with E-state index in [4.69, 9.17) is 18.9 Å². The van der Waals surface area contributed by atoms with Crippen molar-refractivity contribution in [2.45, 2.75) is 399 Å². The number of hydrogen-bond acceptors (Lipinski definition) is 4. The molecule has 0 heterocycles. The molecule has 0 radical (unpaired) electrons. The highest BCUT2D eigenvalue weighted by Crippen LogP contribution is 2.44. The Labute approximate surface area is 653 Å². The second-order valence-electron chi connectivity index (χ2n) is 32.1. The van der Waals surface area contributed by atoms with E-state index in [9.17, 15) is 0 Å². The monoisotopic (exact) mass is 1450 g/mol. The quantitative estimate of drug-likeness (QED) is 0.0282. The summed E-state index contributed by atoms with van der Waals surface area (Å²) in [6.07, 6.45) is 76.0. The largest absolute Gasteiger partial charge is 0.494 e. The van der Waals surface area contributed by atoms with Crippen LogP contribution in [0.15, 0.2) is 146 Å². The van der Waals surface area contributed by atoms with Gasteiger partial charge in [0.1, 0.15) is 23.0 Å². The Balaban J connectivity index is 1.14. The molecule has 0 fully saturated rings. The lowest BCUT2D eigenvalue weighted by Gasteiger charge is -2.26. The maximum absolute atomic E-state index is 6.50. The third kappa shape index (κ3) is 40.3. The highest BCUT2D eigenvalue weighted by molar-refractivity contribution is 5.75. The molecule has 106 heavy (non-hydrogen) atoms. The van der Waals surface area contributed by atoms with Gasteiger partial charge in [0.2, 0.25) is 0 Å². The smallest absolute Gasteiger partial charge is 0.119 e. The van der Waals surface area contributed by atoms with Crippen molar-refractivity contribution in [1.82, 2.24) is 0 Å². The molecule has 0 bridgehead atoms. The van der Waals surface area contributed by atoms with E-state index < -0.39 is 0 Å². The standard InChI is InChI=1S/C102H158O4/c1-5-9-13-17-21-25-29-33-37-41-45-49-53-61-85-103-93-77-69-89(70-78-93)101(90-71-79-94(80-72-90)104-86-62-54-50-46-42-38-34-30-26-22-18-14-10-6-2)99-67-59-57-65-97(99)98-66-58-60-68-100(98)102(91-73-81-95(82-74-91)105-87-63-55-51-47-43-39-35-31-27-23-19-15-11-7-3)92-75-83-96(84-76-92)106-88-64-56-52-48-44-40-36-32-28-24-20-16-12-8-4/h57-60,65-84,101-102H,5-56,61-64,85-88H2,1-4H3. The van der Waals surface area contributed by atoms with Gasteiger partial charge in [-0.05, 0) is 119 Å². The molecule has 0 amide bonds. The summed E-state index contributed by atoms with van der Waals surface area (Å²) in [6.45, 7) is 12.3. The summed E-state index contributed by atoms with van der Waals surface area (Å²) in [5.41, 5.74) is 10.0. The number of rotatable bonds is 71. The van der Waals surface area contributed by atoms with Crippen molar-refractivity contribution in [3.05, 3.63) is 179 Å². The van der Waals surface area contributed by atoms with Crippen molar-refractivity contribution in [3.63, 3.8) is 0 Å². The van der Waals surface area contributed by atoms with E-state index in [0.717, 1.165) is 75.1 Å². The fourth-order valence-corrected chi connectivity index (χ4v) is 16.1. The van der Waals surface area contributed by atoms with E-state index in [2.05, 4.69) is 173 Å². The van der Waals surface area contributed by atoms with Crippen molar-refractivity contribution < 1.29 is 18.9 Å². The maximum Gasteiger partial charge on any atom is 0.119 e. The van der Waals surface area contributed by atoms with Crippen molar-refractivity contribution >= 4 is 0 Å². The molecule has 0 aliphatic heterocycles. The zero-order valence-electron chi connectivity index (χ0n) is 69.1. The van der Waals surface area contributed by atoms with Gasteiger partial charge in [-0.2, -0.15) is 0 Å². The van der Waals surface area contributed by atoms with E-state index in [0.29, 0.717) is 0 Å². The van der Waals surface area contributed by atoms with Crippen molar-refractivity contribution in [2.75, 3.05) is 26.4 Å². The van der Waals surface area contributed by atoms with Crippen LogP contribution in [0.25, 0.3) is 11.1 Å². The van der Waals surface area contributed by atoms with Crippen LogP contribution in [0.3, 0.4) is 0 Å². The molecule has 0 aliphatic rings. The van der Waals surface area contributed by atoms with Gasteiger partial charge >= 0.3 is 0 Å². The Bertz CT molecular complexity index is 2570. The van der Waals surface area contributed by atoms with E-state index in [1.54, 1.807) is 0 Å². The van der Waals surface area contributed by atoms with E-state index in [1.165, 1.54) is 378 Å². The van der Waals surface area contributed by atoms with Gasteiger partial charge in [-0.3, -0.25) is 0 Å². The zero-order chi connectivity index (χ0) is 74.3. The van der Waals surface area contributed by atoms with Crippen molar-refractivity contribution in [3.8, 4) is 34.1 Å². The van der Waals surface area contributed by atoms with Crippen molar-refractivity contribution in [1.29, 1.82) is 0 Å². The SMILES string of the molecule is CCCCCCCCCCCCCCCCOc1ccc(C(c2ccc(OCCCCCCCCCCCCCCCC)cc2)c2ccccc2-c2ccccc2C(c2ccc(OCCCCCCCCCCCCCCCC)cc2)c2ccc(OCCCCCCCCCCCCCCCC)cc2)cc1. The van der Waals surface area contributed by atoms with Gasteiger partial charge in [0.05, 0.1) is 26.4 Å². The summed E-state index contributed by atoms with van der Waals surface area (Å²) >= 11 is 0. The lowest BCUT2D eigenvalue weighted by molar-refractivity contribution is 0.304. The molecular formula is C102H158O4. The van der Waals surface area contributed by atoms with Crippen molar-refractivity contribution in [2.24, 2.45) is 0 Å². The molecule has 6 aromatic rings. The Kier molecular flexibility index (Phi) is 52.6. The third-order valence-corrected chi connectivity index (χ3v) is 22.8. The summed E-state index contributed by atoms with van der Waals surface area (Å²) in [7, 11) is 0. The van der Waals surface area contributed by atoms with Gasteiger partial charge in [-0.25, -0.2) is 0 Å². The van der Waals surface area contributed by atoms with Crippen LogP contribution in [-0.4, -0.2) is 26.4 Å². The van der Waals surface area contributed by atoms with Crippen LogP contribution in [0.2, 0.25) is 0 Å². The molecule has 0 aliphatic carbocycles. The number of ether oxygens (including phenoxy) is 4. The van der Waals surface area contributed by atoms with Gasteiger partial charge in [0.25, 0.3) is 0 Å². The predicted molar refractivity (Wildman–Crippen MR) is 463 cm³/mol. The molecule has 6 aromatic carbocycles. The zero-order valence-corrected chi connectivity index (χ0v) is 69.1. The highest BCUT2D eigenvalue weighted by Gasteiger charge is 2.26. The minimum Gasteiger partial charge on any atom is -0.494 e. The second-order valence-corrected chi connectivity index (χ2v) is 32.1. The molecule has 0 N–H and O–H groups in total. The van der Waals surface area contributed by atoms with Crippen LogP contribution in [-0.2, 0) is 0 Å². The van der Waals surface area contributed by atoms with E-state index >= 15 is 0 Å². The molecule has 0 unspecified atom stereocenters. The van der Waals surface area contributed by atoms with Gasteiger partial charge in [0.15, 0.2) is 0 Å². The van der Waals surface area contributed by atoms with Gasteiger partial charge < -0.3 is 18.9 Å². The Morgan fingerprint density at radius 2 is 0.321 bits per heavy atom. The molecule has 0 saturated heterocycles. The first-order valence-electron chi connectivity index (χ1n) is 45.7. The number of hydrogen-bond donors (Lipinski definition) is 0. The minimum atomic E-state index is -0.0466. The molecule has 4 nitrogen and oxygen atoms in total. The first kappa shape index (κ1) is 89.4. The number of benzene rings is 6. The van der Waals surface area contributed by atoms with Crippen LogP contribution >= 0.6 is 0 Å². The first-order chi connectivity index (χ1) is 52.6.